The molecule has 3 heterocycles. The van der Waals surface area contributed by atoms with Crippen LogP contribution in [0.15, 0.2) is 30.7 Å². The molecule has 0 saturated heterocycles. The van der Waals surface area contributed by atoms with Gasteiger partial charge in [-0.15, -0.1) is 0 Å². The molecule has 1 unspecified atom stereocenters. The van der Waals surface area contributed by atoms with Crippen LogP contribution in [0.1, 0.15) is 31.5 Å². The highest BCUT2D eigenvalue weighted by atomic mass is 16.5. The molecule has 0 aliphatic heterocycles. The maximum Gasteiger partial charge on any atom is 0.303 e. The number of carboxylic acid groups (broad SMARTS) is 1. The molecule has 0 aromatic carbocycles. The molecule has 1 aliphatic rings. The third kappa shape index (κ3) is 4.00. The molecule has 1 fully saturated rings. The predicted octanol–water partition coefficient (Wildman–Crippen LogP) is 2.54. The van der Waals surface area contributed by atoms with E-state index in [-0.39, 0.29) is 25.0 Å². The topological polar surface area (TPSA) is 125 Å². The van der Waals surface area contributed by atoms with E-state index in [1.54, 1.807) is 30.1 Å². The Labute approximate surface area is 167 Å². The minimum absolute atomic E-state index is 0.0517. The summed E-state index contributed by atoms with van der Waals surface area (Å²) in [5.74, 6) is 0.898. The Morgan fingerprint density at radius 2 is 2.14 bits per heavy atom. The van der Waals surface area contributed by atoms with Crippen molar-refractivity contribution < 1.29 is 19.4 Å². The molecule has 9 nitrogen and oxygen atoms in total. The lowest BCUT2D eigenvalue weighted by Crippen LogP contribution is -2.21. The lowest BCUT2D eigenvalue weighted by atomic mass is 10.0. The van der Waals surface area contributed by atoms with E-state index in [9.17, 15) is 4.79 Å². The van der Waals surface area contributed by atoms with Crippen molar-refractivity contribution in [3.8, 4) is 16.9 Å². The Balaban J connectivity index is 1.48. The van der Waals surface area contributed by atoms with Gasteiger partial charge in [0, 0.05) is 35.8 Å². The van der Waals surface area contributed by atoms with Crippen LogP contribution in [0, 0.1) is 5.92 Å². The monoisotopic (exact) mass is 397 g/mol. The molecule has 1 aliphatic carbocycles. The Hall–Kier alpha value is -3.20. The zero-order chi connectivity index (χ0) is 20.4. The van der Waals surface area contributed by atoms with Crippen molar-refractivity contribution in [1.82, 2.24) is 19.6 Å². The van der Waals surface area contributed by atoms with Crippen LogP contribution in [0.2, 0.25) is 0 Å². The highest BCUT2D eigenvalue weighted by Gasteiger charge is 2.30. The number of aliphatic carboxylic acids is 1. The standard InChI is InChI=1S/C20H23N5O4/c1-28-20-14(5-6-25-15(20)8-17(21)24-25)13-9-22-18(23-10-13)11-29-16-4-2-3-12(16)7-19(26)27/h5-6,8-10,12,16H,2-4,7,11H2,1H3,(H2,21,24)(H,26,27)/t12-,16?/m0/s1. The van der Waals surface area contributed by atoms with Crippen LogP contribution >= 0.6 is 0 Å². The lowest BCUT2D eigenvalue weighted by Gasteiger charge is -2.18. The summed E-state index contributed by atoms with van der Waals surface area (Å²) in [4.78, 5) is 19.8. The maximum absolute atomic E-state index is 11.0. The van der Waals surface area contributed by atoms with Gasteiger partial charge in [0.2, 0.25) is 0 Å². The number of aromatic nitrogens is 4. The van der Waals surface area contributed by atoms with E-state index < -0.39 is 5.97 Å². The first-order valence-electron chi connectivity index (χ1n) is 9.51. The molecule has 9 heteroatoms. The lowest BCUT2D eigenvalue weighted by molar-refractivity contribution is -0.139. The van der Waals surface area contributed by atoms with Crippen molar-refractivity contribution in [2.45, 2.75) is 38.4 Å². The Morgan fingerprint density at radius 3 is 2.86 bits per heavy atom. The summed E-state index contributed by atoms with van der Waals surface area (Å²) in [6.45, 7) is 0.260. The zero-order valence-corrected chi connectivity index (χ0v) is 16.1. The van der Waals surface area contributed by atoms with Crippen LogP contribution in [0.5, 0.6) is 5.75 Å². The van der Waals surface area contributed by atoms with Gasteiger partial charge >= 0.3 is 5.97 Å². The van der Waals surface area contributed by atoms with Gasteiger partial charge in [-0.05, 0) is 24.8 Å². The smallest absolute Gasteiger partial charge is 0.303 e. The van der Waals surface area contributed by atoms with Gasteiger partial charge in [-0.25, -0.2) is 14.5 Å². The molecule has 3 N–H and O–H groups in total. The van der Waals surface area contributed by atoms with E-state index in [1.807, 2.05) is 12.3 Å². The predicted molar refractivity (Wildman–Crippen MR) is 105 cm³/mol. The average molecular weight is 397 g/mol. The number of pyridine rings is 1. The number of rotatable bonds is 7. The Morgan fingerprint density at radius 1 is 1.34 bits per heavy atom. The molecule has 0 amide bonds. The first kappa shape index (κ1) is 19.1. The molecule has 2 atom stereocenters. The fourth-order valence-electron chi connectivity index (χ4n) is 3.93. The molecule has 3 aromatic heterocycles. The molecule has 29 heavy (non-hydrogen) atoms. The molecule has 0 radical (unpaired) electrons. The normalized spacial score (nSPS) is 18.9. The molecule has 4 rings (SSSR count). The fourth-order valence-corrected chi connectivity index (χ4v) is 3.93. The van der Waals surface area contributed by atoms with Gasteiger partial charge in [-0.1, -0.05) is 6.42 Å². The first-order chi connectivity index (χ1) is 14.0. The molecule has 3 aromatic rings. The summed E-state index contributed by atoms with van der Waals surface area (Å²) in [5, 5.41) is 13.2. The number of hydrogen-bond donors (Lipinski definition) is 2. The zero-order valence-electron chi connectivity index (χ0n) is 16.1. The quantitative estimate of drug-likeness (QED) is 0.623. The van der Waals surface area contributed by atoms with Crippen molar-refractivity contribution in [2.24, 2.45) is 5.92 Å². The van der Waals surface area contributed by atoms with Crippen LogP contribution < -0.4 is 10.5 Å². The van der Waals surface area contributed by atoms with Gasteiger partial charge in [0.15, 0.2) is 11.6 Å². The first-order valence-corrected chi connectivity index (χ1v) is 9.51. The number of anilines is 1. The highest BCUT2D eigenvalue weighted by Crippen LogP contribution is 2.34. The molecular formula is C20H23N5O4. The molecule has 0 spiro atoms. The van der Waals surface area contributed by atoms with Crippen molar-refractivity contribution in [3.63, 3.8) is 0 Å². The summed E-state index contributed by atoms with van der Waals surface area (Å²) in [5.41, 5.74) is 8.19. The van der Waals surface area contributed by atoms with E-state index in [0.717, 1.165) is 35.9 Å². The molecule has 152 valence electrons. The second kappa shape index (κ2) is 8.04. The van der Waals surface area contributed by atoms with E-state index in [0.29, 0.717) is 17.4 Å². The average Bonchev–Trinajstić information content (AvgIpc) is 3.30. The van der Waals surface area contributed by atoms with Gasteiger partial charge in [0.05, 0.1) is 19.6 Å². The van der Waals surface area contributed by atoms with Crippen LogP contribution in [0.4, 0.5) is 5.82 Å². The number of fused-ring (bicyclic) bond motifs is 1. The van der Waals surface area contributed by atoms with Crippen LogP contribution in [0.3, 0.4) is 0 Å². The van der Waals surface area contributed by atoms with Gasteiger partial charge in [0.25, 0.3) is 0 Å². The summed E-state index contributed by atoms with van der Waals surface area (Å²) >= 11 is 0. The summed E-state index contributed by atoms with van der Waals surface area (Å²) in [6.07, 6.45) is 8.11. The summed E-state index contributed by atoms with van der Waals surface area (Å²) in [7, 11) is 1.60. The Bertz CT molecular complexity index is 1020. The SMILES string of the molecule is COc1c(-c2cnc(COC3CCC[C@H]3CC(=O)O)nc2)ccn2nc(N)cc12. The molecular weight excluding hydrogens is 374 g/mol. The number of ether oxygens (including phenoxy) is 2. The highest BCUT2D eigenvalue weighted by molar-refractivity contribution is 5.80. The van der Waals surface area contributed by atoms with Crippen LogP contribution in [0.25, 0.3) is 16.6 Å². The second-order valence-corrected chi connectivity index (χ2v) is 7.19. The van der Waals surface area contributed by atoms with Gasteiger partial charge in [0.1, 0.15) is 17.9 Å². The van der Waals surface area contributed by atoms with E-state index in [1.165, 1.54) is 0 Å². The van der Waals surface area contributed by atoms with E-state index in [2.05, 4.69) is 15.1 Å². The molecule has 0 bridgehead atoms. The number of carbonyl (C=O) groups is 1. The van der Waals surface area contributed by atoms with Crippen molar-refractivity contribution in [1.29, 1.82) is 0 Å². The third-order valence-corrected chi connectivity index (χ3v) is 5.29. The van der Waals surface area contributed by atoms with Crippen LogP contribution in [-0.4, -0.2) is 43.9 Å². The molecule has 1 saturated carbocycles. The maximum atomic E-state index is 11.0. The van der Waals surface area contributed by atoms with Crippen molar-refractivity contribution in [2.75, 3.05) is 12.8 Å². The summed E-state index contributed by atoms with van der Waals surface area (Å²) in [6, 6.07) is 3.63. The number of methoxy groups -OCH3 is 1. The van der Waals surface area contributed by atoms with Crippen molar-refractivity contribution >= 4 is 17.3 Å². The number of hydrogen-bond acceptors (Lipinski definition) is 7. The van der Waals surface area contributed by atoms with Gasteiger partial charge in [-0.3, -0.25) is 4.79 Å². The minimum Gasteiger partial charge on any atom is -0.494 e. The minimum atomic E-state index is -0.781. The Kier molecular flexibility index (Phi) is 5.30. The summed E-state index contributed by atoms with van der Waals surface area (Å²) < 4.78 is 13.1. The van der Waals surface area contributed by atoms with E-state index in [4.69, 9.17) is 20.3 Å². The van der Waals surface area contributed by atoms with E-state index >= 15 is 0 Å². The van der Waals surface area contributed by atoms with Crippen molar-refractivity contribution in [3.05, 3.63) is 36.5 Å². The van der Waals surface area contributed by atoms with Crippen LogP contribution in [-0.2, 0) is 16.1 Å². The largest absolute Gasteiger partial charge is 0.494 e. The second-order valence-electron chi connectivity index (χ2n) is 7.19. The number of nitrogens with zero attached hydrogens (tertiary/aromatic N) is 4. The van der Waals surface area contributed by atoms with Gasteiger partial charge < -0.3 is 20.3 Å². The fraction of sp³-hybridized carbons (Fsp3) is 0.400. The number of carboxylic acids is 1. The van der Waals surface area contributed by atoms with Gasteiger partial charge in [-0.2, -0.15) is 5.10 Å². The third-order valence-electron chi connectivity index (χ3n) is 5.29. The number of nitrogen functional groups attached to an aromatic ring is 1. The number of nitrogens with two attached hydrogens (primary N) is 1.